The van der Waals surface area contributed by atoms with Crippen LogP contribution in [0.3, 0.4) is 0 Å². The number of ether oxygens (including phenoxy) is 1. The van der Waals surface area contributed by atoms with E-state index in [4.69, 9.17) is 16.3 Å². The lowest BCUT2D eigenvalue weighted by Gasteiger charge is -2.17. The summed E-state index contributed by atoms with van der Waals surface area (Å²) in [6.07, 6.45) is 3.73. The molecule has 1 amide bonds. The van der Waals surface area contributed by atoms with Crippen LogP contribution < -0.4 is 26.0 Å². The van der Waals surface area contributed by atoms with Crippen LogP contribution >= 0.6 is 11.6 Å². The first kappa shape index (κ1) is 34.1. The standard InChI is InChI=1S/C34H36ClF3N6O3/c1-19(45)15-39-17-23-10-12-42-33(31(23)36)44-27-5-3-4-25(20(27)2)26-11-13-41-32(30(26)35)21-6-7-22(28(14-21)47-34(37)38)16-40-18-24-8-9-29(46)43-24/h3-7,10-14,19,24,34,39-40,45H,8-9,15-18H2,1-2H3,(H,42,44)(H,43,46). The molecule has 2 aromatic heterocycles. The van der Waals surface area contributed by atoms with E-state index in [0.29, 0.717) is 64.6 Å². The molecule has 1 aliphatic heterocycles. The Hall–Kier alpha value is -4.23. The minimum absolute atomic E-state index is 0.00196. The number of pyridine rings is 2. The monoisotopic (exact) mass is 668 g/mol. The molecule has 0 radical (unpaired) electrons. The molecule has 1 aliphatic rings. The van der Waals surface area contributed by atoms with Gasteiger partial charge in [-0.1, -0.05) is 35.9 Å². The Balaban J connectivity index is 1.38. The number of hydrogen-bond acceptors (Lipinski definition) is 8. The lowest BCUT2D eigenvalue weighted by atomic mass is 9.97. The van der Waals surface area contributed by atoms with Gasteiger partial charge in [0.2, 0.25) is 5.91 Å². The number of benzene rings is 2. The number of aromatic nitrogens is 2. The molecule has 47 heavy (non-hydrogen) atoms. The molecule has 2 atom stereocenters. The lowest BCUT2D eigenvalue weighted by molar-refractivity contribution is -0.119. The van der Waals surface area contributed by atoms with Crippen molar-refractivity contribution in [2.75, 3.05) is 18.4 Å². The fraction of sp³-hybridized carbons (Fsp3) is 0.324. The lowest BCUT2D eigenvalue weighted by Crippen LogP contribution is -2.35. The molecule has 2 unspecified atom stereocenters. The van der Waals surface area contributed by atoms with Crippen LogP contribution in [0.15, 0.2) is 60.9 Å². The van der Waals surface area contributed by atoms with E-state index in [1.54, 1.807) is 49.5 Å². The van der Waals surface area contributed by atoms with E-state index in [1.165, 1.54) is 12.3 Å². The van der Waals surface area contributed by atoms with Gasteiger partial charge in [0, 0.05) is 79.0 Å². The molecule has 5 N–H and O–H groups in total. The molecular weight excluding hydrogens is 633 g/mol. The van der Waals surface area contributed by atoms with E-state index in [9.17, 15) is 18.7 Å². The maximum absolute atomic E-state index is 15.3. The summed E-state index contributed by atoms with van der Waals surface area (Å²) in [6.45, 7) is 1.78. The minimum Gasteiger partial charge on any atom is -0.434 e. The quantitative estimate of drug-likeness (QED) is 0.109. The van der Waals surface area contributed by atoms with E-state index in [-0.39, 0.29) is 36.6 Å². The van der Waals surface area contributed by atoms with E-state index in [0.717, 1.165) is 11.1 Å². The summed E-state index contributed by atoms with van der Waals surface area (Å²) >= 11 is 6.93. The number of aliphatic hydroxyl groups is 1. The van der Waals surface area contributed by atoms with Crippen LogP contribution in [0, 0.1) is 12.7 Å². The highest BCUT2D eigenvalue weighted by atomic mass is 35.5. The summed E-state index contributed by atoms with van der Waals surface area (Å²) in [5.74, 6) is -0.464. The molecular formula is C34H36ClF3N6O3. The van der Waals surface area contributed by atoms with Crippen molar-refractivity contribution in [2.45, 2.75) is 58.5 Å². The average Bonchev–Trinajstić information content (AvgIpc) is 3.45. The second kappa shape index (κ2) is 15.6. The smallest absolute Gasteiger partial charge is 0.387 e. The van der Waals surface area contributed by atoms with Crippen LogP contribution in [-0.2, 0) is 17.9 Å². The maximum Gasteiger partial charge on any atom is 0.387 e. The van der Waals surface area contributed by atoms with Crippen molar-refractivity contribution in [3.05, 3.63) is 88.5 Å². The largest absolute Gasteiger partial charge is 0.434 e. The molecule has 5 rings (SSSR count). The summed E-state index contributed by atoms with van der Waals surface area (Å²) in [5, 5.41) is 21.9. The summed E-state index contributed by atoms with van der Waals surface area (Å²) < 4.78 is 47.0. The number of anilines is 2. The molecule has 248 valence electrons. The molecule has 0 saturated carbocycles. The third-order valence-corrected chi connectivity index (χ3v) is 8.22. The van der Waals surface area contributed by atoms with Crippen molar-refractivity contribution < 1.29 is 27.8 Å². The molecule has 13 heteroatoms. The molecule has 0 spiro atoms. The maximum atomic E-state index is 15.3. The van der Waals surface area contributed by atoms with Crippen molar-refractivity contribution in [3.8, 4) is 28.1 Å². The average molecular weight is 669 g/mol. The Morgan fingerprint density at radius 3 is 2.60 bits per heavy atom. The Morgan fingerprint density at radius 1 is 1.06 bits per heavy atom. The molecule has 0 bridgehead atoms. The zero-order valence-electron chi connectivity index (χ0n) is 25.9. The Labute approximate surface area is 275 Å². The van der Waals surface area contributed by atoms with Gasteiger partial charge in [-0.15, -0.1) is 0 Å². The molecule has 3 heterocycles. The topological polar surface area (TPSA) is 120 Å². The Morgan fingerprint density at radius 2 is 1.85 bits per heavy atom. The fourth-order valence-corrected chi connectivity index (χ4v) is 5.75. The number of nitrogens with zero attached hydrogens (tertiary/aromatic N) is 2. The second-order valence-electron chi connectivity index (χ2n) is 11.4. The van der Waals surface area contributed by atoms with Gasteiger partial charge in [-0.25, -0.2) is 9.37 Å². The predicted octanol–water partition coefficient (Wildman–Crippen LogP) is 6.10. The Bertz CT molecular complexity index is 1730. The van der Waals surface area contributed by atoms with Crippen LogP contribution in [0.1, 0.15) is 36.5 Å². The number of aliphatic hydroxyl groups excluding tert-OH is 1. The zero-order chi connectivity index (χ0) is 33.5. The molecule has 0 aliphatic carbocycles. The molecule has 1 fully saturated rings. The number of halogens is 4. The van der Waals surface area contributed by atoms with Crippen LogP contribution in [0.5, 0.6) is 5.75 Å². The van der Waals surface area contributed by atoms with E-state index in [1.807, 2.05) is 13.0 Å². The van der Waals surface area contributed by atoms with E-state index < -0.39 is 18.5 Å². The van der Waals surface area contributed by atoms with Gasteiger partial charge in [0.1, 0.15) is 5.75 Å². The predicted molar refractivity (Wildman–Crippen MR) is 175 cm³/mol. The van der Waals surface area contributed by atoms with E-state index >= 15 is 4.39 Å². The summed E-state index contributed by atoms with van der Waals surface area (Å²) in [5.41, 5.74) is 4.55. The highest BCUT2D eigenvalue weighted by molar-refractivity contribution is 6.35. The van der Waals surface area contributed by atoms with Crippen LogP contribution in [-0.4, -0.2) is 52.8 Å². The zero-order valence-corrected chi connectivity index (χ0v) is 26.7. The number of carbonyl (C=O) groups is 1. The van der Waals surface area contributed by atoms with Crippen LogP contribution in [0.2, 0.25) is 5.02 Å². The SMILES string of the molecule is Cc1c(Nc2nccc(CNCC(C)O)c2F)cccc1-c1ccnc(-c2ccc(CNCC3CCC(=O)N3)c(OC(F)F)c2)c1Cl. The molecule has 9 nitrogen and oxygen atoms in total. The van der Waals surface area contributed by atoms with Crippen LogP contribution in [0.25, 0.3) is 22.4 Å². The number of carbonyl (C=O) groups excluding carboxylic acids is 1. The Kier molecular flexibility index (Phi) is 11.3. The van der Waals surface area contributed by atoms with Crippen LogP contribution in [0.4, 0.5) is 24.7 Å². The number of hydrogen-bond donors (Lipinski definition) is 5. The van der Waals surface area contributed by atoms with Gasteiger partial charge in [0.05, 0.1) is 16.8 Å². The minimum atomic E-state index is -3.04. The first-order valence-electron chi connectivity index (χ1n) is 15.2. The van der Waals surface area contributed by atoms with Crippen molar-refractivity contribution in [1.82, 2.24) is 25.9 Å². The van der Waals surface area contributed by atoms with Gasteiger partial charge in [-0.2, -0.15) is 8.78 Å². The van der Waals surface area contributed by atoms with Crippen molar-refractivity contribution in [1.29, 1.82) is 0 Å². The third kappa shape index (κ3) is 8.58. The molecule has 4 aromatic rings. The van der Waals surface area contributed by atoms with Gasteiger partial charge >= 0.3 is 6.61 Å². The first-order chi connectivity index (χ1) is 22.6. The van der Waals surface area contributed by atoms with Crippen molar-refractivity contribution >= 4 is 29.0 Å². The summed E-state index contributed by atoms with van der Waals surface area (Å²) in [7, 11) is 0. The number of alkyl halides is 2. The molecule has 1 saturated heterocycles. The fourth-order valence-electron chi connectivity index (χ4n) is 5.43. The highest BCUT2D eigenvalue weighted by Crippen LogP contribution is 2.39. The van der Waals surface area contributed by atoms with Gasteiger partial charge in [-0.05, 0) is 55.7 Å². The van der Waals surface area contributed by atoms with Gasteiger partial charge in [-0.3, -0.25) is 9.78 Å². The van der Waals surface area contributed by atoms with E-state index in [2.05, 4.69) is 31.2 Å². The number of rotatable bonds is 14. The molecule has 2 aromatic carbocycles. The van der Waals surface area contributed by atoms with Gasteiger partial charge < -0.3 is 31.1 Å². The normalized spacial score (nSPS) is 15.1. The highest BCUT2D eigenvalue weighted by Gasteiger charge is 2.21. The van der Waals surface area contributed by atoms with Crippen molar-refractivity contribution in [3.63, 3.8) is 0 Å². The number of nitrogens with one attached hydrogen (secondary N) is 4. The van der Waals surface area contributed by atoms with Gasteiger partial charge in [0.25, 0.3) is 0 Å². The number of amides is 1. The van der Waals surface area contributed by atoms with Crippen molar-refractivity contribution in [2.24, 2.45) is 0 Å². The second-order valence-corrected chi connectivity index (χ2v) is 11.7. The first-order valence-corrected chi connectivity index (χ1v) is 15.6. The van der Waals surface area contributed by atoms with Gasteiger partial charge in [0.15, 0.2) is 11.6 Å². The summed E-state index contributed by atoms with van der Waals surface area (Å²) in [4.78, 5) is 20.1. The summed E-state index contributed by atoms with van der Waals surface area (Å²) in [6, 6.07) is 13.7. The third-order valence-electron chi connectivity index (χ3n) is 7.84.